The molecule has 27 heavy (non-hydrogen) atoms. The molecule has 0 fully saturated rings. The first-order valence-electron chi connectivity index (χ1n) is 9.71. The van der Waals surface area contributed by atoms with Gasteiger partial charge in [-0.1, -0.05) is 80.4 Å². The lowest BCUT2D eigenvalue weighted by atomic mass is 9.92. The van der Waals surface area contributed by atoms with Gasteiger partial charge in [0, 0.05) is 13.0 Å². The van der Waals surface area contributed by atoms with Crippen molar-refractivity contribution < 1.29 is 5.11 Å². The fraction of sp³-hybridized carbons (Fsp3) is 0.375. The van der Waals surface area contributed by atoms with Crippen molar-refractivity contribution in [2.45, 2.75) is 51.2 Å². The van der Waals surface area contributed by atoms with Crippen LogP contribution in [-0.2, 0) is 0 Å². The lowest BCUT2D eigenvalue weighted by molar-refractivity contribution is 0.0911. The maximum absolute atomic E-state index is 10.7. The van der Waals surface area contributed by atoms with Gasteiger partial charge in [-0.15, -0.1) is 0 Å². The first kappa shape index (κ1) is 20.7. The highest BCUT2D eigenvalue weighted by atomic mass is 16.3. The van der Waals surface area contributed by atoms with E-state index in [2.05, 4.69) is 31.2 Å². The summed E-state index contributed by atoms with van der Waals surface area (Å²) in [5.41, 5.74) is 2.69. The number of nitrogens with zero attached hydrogens (tertiary/aromatic N) is 2. The van der Waals surface area contributed by atoms with E-state index in [-0.39, 0.29) is 12.0 Å². The van der Waals surface area contributed by atoms with Crippen molar-refractivity contribution in [3.63, 3.8) is 0 Å². The molecular weight excluding hydrogens is 332 g/mol. The van der Waals surface area contributed by atoms with Crippen LogP contribution in [0.2, 0.25) is 0 Å². The van der Waals surface area contributed by atoms with Crippen molar-refractivity contribution >= 4 is 0 Å². The van der Waals surface area contributed by atoms with Gasteiger partial charge in [0.25, 0.3) is 0 Å². The third kappa shape index (κ3) is 5.70. The average Bonchev–Trinajstić information content (AvgIpc) is 2.73. The average molecular weight is 363 g/mol. The molecule has 2 rings (SSSR count). The SMILES string of the molecule is CCCC[C@H](/C=C(\C#N)N(C)[C@@H](C)[C@H](O)c1ccccc1)c1ccccc1. The summed E-state index contributed by atoms with van der Waals surface area (Å²) >= 11 is 0. The highest BCUT2D eigenvalue weighted by molar-refractivity contribution is 5.30. The van der Waals surface area contributed by atoms with Gasteiger partial charge in [0.2, 0.25) is 0 Å². The van der Waals surface area contributed by atoms with Crippen molar-refractivity contribution in [3.05, 3.63) is 83.6 Å². The molecule has 3 atom stereocenters. The lowest BCUT2D eigenvalue weighted by Gasteiger charge is -2.31. The number of aliphatic hydroxyl groups is 1. The van der Waals surface area contributed by atoms with Crippen LogP contribution in [0.1, 0.15) is 56.3 Å². The van der Waals surface area contributed by atoms with E-state index >= 15 is 0 Å². The number of aliphatic hydroxyl groups excluding tert-OH is 1. The van der Waals surface area contributed by atoms with Gasteiger partial charge in [-0.25, -0.2) is 0 Å². The summed E-state index contributed by atoms with van der Waals surface area (Å²) in [7, 11) is 1.88. The van der Waals surface area contributed by atoms with Gasteiger partial charge in [-0.2, -0.15) is 5.26 Å². The zero-order valence-electron chi connectivity index (χ0n) is 16.5. The number of hydrogen-bond acceptors (Lipinski definition) is 3. The zero-order chi connectivity index (χ0) is 19.6. The summed E-state index contributed by atoms with van der Waals surface area (Å²) in [5.74, 6) is 0.198. The molecule has 0 unspecified atom stereocenters. The molecule has 0 aliphatic rings. The Kier molecular flexibility index (Phi) is 8.10. The monoisotopic (exact) mass is 362 g/mol. The highest BCUT2D eigenvalue weighted by Crippen LogP contribution is 2.28. The molecule has 0 radical (unpaired) electrons. The van der Waals surface area contributed by atoms with Crippen molar-refractivity contribution in [2.24, 2.45) is 0 Å². The van der Waals surface area contributed by atoms with Crippen LogP contribution in [0.3, 0.4) is 0 Å². The predicted octanol–water partition coefficient (Wildman–Crippen LogP) is 5.42. The van der Waals surface area contributed by atoms with Gasteiger partial charge >= 0.3 is 0 Å². The van der Waals surface area contributed by atoms with Crippen molar-refractivity contribution in [1.82, 2.24) is 4.90 Å². The molecule has 2 aromatic carbocycles. The minimum Gasteiger partial charge on any atom is -0.386 e. The minimum absolute atomic E-state index is 0.198. The number of rotatable bonds is 9. The molecule has 0 aliphatic heterocycles. The fourth-order valence-electron chi connectivity index (χ4n) is 3.25. The Morgan fingerprint density at radius 2 is 1.63 bits per heavy atom. The molecule has 2 aromatic rings. The number of nitriles is 1. The second-order valence-corrected chi connectivity index (χ2v) is 7.03. The smallest absolute Gasteiger partial charge is 0.117 e. The summed E-state index contributed by atoms with van der Waals surface area (Å²) in [5, 5.41) is 20.5. The van der Waals surface area contributed by atoms with Gasteiger partial charge in [0.1, 0.15) is 11.8 Å². The van der Waals surface area contributed by atoms with Crippen molar-refractivity contribution in [1.29, 1.82) is 5.26 Å². The van der Waals surface area contributed by atoms with E-state index < -0.39 is 6.10 Å². The molecule has 3 nitrogen and oxygen atoms in total. The summed E-state index contributed by atoms with van der Waals surface area (Å²) in [4.78, 5) is 1.89. The quantitative estimate of drug-likeness (QED) is 0.606. The fourth-order valence-corrected chi connectivity index (χ4v) is 3.25. The van der Waals surface area contributed by atoms with Crippen LogP contribution in [0.5, 0.6) is 0 Å². The molecule has 0 heterocycles. The maximum Gasteiger partial charge on any atom is 0.117 e. The van der Waals surface area contributed by atoms with Crippen LogP contribution < -0.4 is 0 Å². The van der Waals surface area contributed by atoms with Crippen LogP contribution in [0.4, 0.5) is 0 Å². The first-order chi connectivity index (χ1) is 13.1. The van der Waals surface area contributed by atoms with Crippen molar-refractivity contribution in [2.75, 3.05) is 7.05 Å². The Morgan fingerprint density at radius 3 is 2.15 bits per heavy atom. The molecule has 3 heteroatoms. The molecule has 0 saturated carbocycles. The molecule has 0 aromatic heterocycles. The molecule has 0 spiro atoms. The van der Waals surface area contributed by atoms with Gasteiger partial charge in [0.15, 0.2) is 0 Å². The Bertz CT molecular complexity index is 749. The molecule has 1 N–H and O–H groups in total. The van der Waals surface area contributed by atoms with Crippen LogP contribution in [0, 0.1) is 11.3 Å². The van der Waals surface area contributed by atoms with E-state index in [4.69, 9.17) is 0 Å². The highest BCUT2D eigenvalue weighted by Gasteiger charge is 2.23. The summed E-state index contributed by atoms with van der Waals surface area (Å²) in [6.07, 6.45) is 4.64. The van der Waals surface area contributed by atoms with Gasteiger partial charge < -0.3 is 10.0 Å². The third-order valence-corrected chi connectivity index (χ3v) is 5.16. The van der Waals surface area contributed by atoms with Gasteiger partial charge in [-0.3, -0.25) is 0 Å². The Hall–Kier alpha value is -2.57. The predicted molar refractivity (Wildman–Crippen MR) is 111 cm³/mol. The van der Waals surface area contributed by atoms with E-state index in [0.717, 1.165) is 24.8 Å². The number of hydrogen-bond donors (Lipinski definition) is 1. The molecular formula is C24H30N2O. The van der Waals surface area contributed by atoms with E-state index in [0.29, 0.717) is 5.70 Å². The molecule has 0 saturated heterocycles. The van der Waals surface area contributed by atoms with E-state index in [9.17, 15) is 10.4 Å². The van der Waals surface area contributed by atoms with E-state index in [1.54, 1.807) is 0 Å². The van der Waals surface area contributed by atoms with Gasteiger partial charge in [0.05, 0.1) is 12.1 Å². The van der Waals surface area contributed by atoms with Crippen LogP contribution in [0.25, 0.3) is 0 Å². The molecule has 0 aliphatic carbocycles. The molecule has 0 amide bonds. The van der Waals surface area contributed by atoms with Crippen LogP contribution >= 0.6 is 0 Å². The standard InChI is InChI=1S/C24H30N2O/c1-4-5-12-22(20-13-8-6-9-14-20)17-23(18-25)26(3)19(2)24(27)21-15-10-7-11-16-21/h6-11,13-17,19,22,24,27H,4-5,12H2,1-3H3/b23-17+/t19-,22+,24-/m0/s1. The molecule has 142 valence electrons. The van der Waals surface area contributed by atoms with Crippen LogP contribution in [0.15, 0.2) is 72.4 Å². The number of unbranched alkanes of at least 4 members (excludes halogenated alkanes) is 1. The molecule has 0 bridgehead atoms. The van der Waals surface area contributed by atoms with E-state index in [1.807, 2.05) is 67.4 Å². The number of benzene rings is 2. The minimum atomic E-state index is -0.654. The lowest BCUT2D eigenvalue weighted by Crippen LogP contribution is -2.33. The number of allylic oxidation sites excluding steroid dienone is 2. The number of likely N-dealkylation sites (N-methyl/N-ethyl adjacent to an activating group) is 1. The Morgan fingerprint density at radius 1 is 1.07 bits per heavy atom. The van der Waals surface area contributed by atoms with E-state index in [1.165, 1.54) is 5.56 Å². The largest absolute Gasteiger partial charge is 0.386 e. The Labute approximate surface area is 163 Å². The first-order valence-corrected chi connectivity index (χ1v) is 9.71. The maximum atomic E-state index is 10.7. The second-order valence-electron chi connectivity index (χ2n) is 7.03. The summed E-state index contributed by atoms with van der Waals surface area (Å²) in [6, 6.07) is 22.1. The topological polar surface area (TPSA) is 47.3 Å². The summed E-state index contributed by atoms with van der Waals surface area (Å²) < 4.78 is 0. The third-order valence-electron chi connectivity index (χ3n) is 5.16. The zero-order valence-corrected chi connectivity index (χ0v) is 16.5. The van der Waals surface area contributed by atoms with Crippen molar-refractivity contribution in [3.8, 4) is 6.07 Å². The second kappa shape index (κ2) is 10.5. The van der Waals surface area contributed by atoms with Gasteiger partial charge in [-0.05, 0) is 30.5 Å². The summed E-state index contributed by atoms with van der Waals surface area (Å²) in [6.45, 7) is 4.13. The Balaban J connectivity index is 2.24. The normalized spacial score (nSPS) is 14.9. The van der Waals surface area contributed by atoms with Crippen LogP contribution in [-0.4, -0.2) is 23.1 Å².